The second-order valence-corrected chi connectivity index (χ2v) is 4.59. The van der Waals surface area contributed by atoms with Gasteiger partial charge in [0.2, 0.25) is 0 Å². The Balaban J connectivity index is 4.11. The molecule has 0 spiro atoms. The molecular weight excluding hydrogens is 172 g/mol. The van der Waals surface area contributed by atoms with Crippen molar-refractivity contribution in [2.24, 2.45) is 5.92 Å². The van der Waals surface area contributed by atoms with Crippen molar-refractivity contribution in [2.45, 2.75) is 78.2 Å². The molecule has 1 N–H and O–H groups in total. The molecule has 0 rings (SSSR count). The Morgan fingerprint density at radius 3 is 2.07 bits per heavy atom. The molecule has 0 aliphatic carbocycles. The average molecular weight is 200 g/mol. The minimum absolute atomic E-state index is 0.384. The van der Waals surface area contributed by atoms with E-state index in [1.165, 1.54) is 19.3 Å². The maximum Gasteiger partial charge on any atom is 0.0647 e. The molecule has 0 saturated carbocycles. The molecule has 0 aromatic heterocycles. The van der Waals surface area contributed by atoms with Gasteiger partial charge in [-0.25, -0.2) is 0 Å². The van der Waals surface area contributed by atoms with Gasteiger partial charge in [-0.1, -0.05) is 53.4 Å². The predicted molar refractivity (Wildman–Crippen MR) is 63.5 cm³/mol. The quantitative estimate of drug-likeness (QED) is 0.624. The summed E-state index contributed by atoms with van der Waals surface area (Å²) in [6, 6.07) is 0. The third-order valence-electron chi connectivity index (χ3n) is 3.32. The summed E-state index contributed by atoms with van der Waals surface area (Å²) in [5.41, 5.74) is -0.384. The highest BCUT2D eigenvalue weighted by Gasteiger charge is 2.26. The van der Waals surface area contributed by atoms with Gasteiger partial charge in [0.1, 0.15) is 0 Å². The number of aliphatic hydroxyl groups is 1. The molecule has 0 aliphatic heterocycles. The van der Waals surface area contributed by atoms with Gasteiger partial charge in [-0.3, -0.25) is 0 Å². The molecule has 0 fully saturated rings. The van der Waals surface area contributed by atoms with Gasteiger partial charge in [0.25, 0.3) is 0 Å². The van der Waals surface area contributed by atoms with E-state index < -0.39 is 0 Å². The molecule has 2 atom stereocenters. The molecule has 0 aromatic carbocycles. The van der Waals surface area contributed by atoms with Gasteiger partial charge in [0, 0.05) is 0 Å². The summed E-state index contributed by atoms with van der Waals surface area (Å²) in [4.78, 5) is 0. The SMILES string of the molecule is CCCC(CC)CC(O)(CC)CCC. The highest BCUT2D eigenvalue weighted by molar-refractivity contribution is 4.79. The summed E-state index contributed by atoms with van der Waals surface area (Å²) in [6.45, 7) is 8.73. The molecule has 2 unspecified atom stereocenters. The molecule has 0 aromatic rings. The molecule has 0 radical (unpaired) electrons. The molecule has 0 saturated heterocycles. The van der Waals surface area contributed by atoms with E-state index in [-0.39, 0.29) is 5.60 Å². The van der Waals surface area contributed by atoms with Crippen LogP contribution >= 0.6 is 0 Å². The van der Waals surface area contributed by atoms with E-state index in [4.69, 9.17) is 0 Å². The zero-order valence-electron chi connectivity index (χ0n) is 10.5. The van der Waals surface area contributed by atoms with Gasteiger partial charge < -0.3 is 5.11 Å². The third-order valence-corrected chi connectivity index (χ3v) is 3.32. The Labute approximate surface area is 89.9 Å². The Morgan fingerprint density at radius 1 is 1.07 bits per heavy atom. The maximum atomic E-state index is 10.3. The van der Waals surface area contributed by atoms with Crippen LogP contribution in [0, 0.1) is 5.92 Å². The van der Waals surface area contributed by atoms with Crippen molar-refractivity contribution in [3.05, 3.63) is 0 Å². The van der Waals surface area contributed by atoms with Crippen molar-refractivity contribution in [2.75, 3.05) is 0 Å². The fourth-order valence-electron chi connectivity index (χ4n) is 2.28. The van der Waals surface area contributed by atoms with E-state index in [2.05, 4.69) is 27.7 Å². The molecule has 0 aliphatic rings. The molecule has 1 nitrogen and oxygen atoms in total. The summed E-state index contributed by atoms with van der Waals surface area (Å²) in [6.07, 6.45) is 7.67. The van der Waals surface area contributed by atoms with Crippen molar-refractivity contribution in [3.8, 4) is 0 Å². The van der Waals surface area contributed by atoms with Crippen LogP contribution in [0.15, 0.2) is 0 Å². The highest BCUT2D eigenvalue weighted by Crippen LogP contribution is 2.29. The molecule has 0 amide bonds. The van der Waals surface area contributed by atoms with Gasteiger partial charge in [0.05, 0.1) is 5.60 Å². The van der Waals surface area contributed by atoms with E-state index in [0.717, 1.165) is 31.6 Å². The summed E-state index contributed by atoms with van der Waals surface area (Å²) < 4.78 is 0. The normalized spacial score (nSPS) is 17.8. The topological polar surface area (TPSA) is 20.2 Å². The fourth-order valence-corrected chi connectivity index (χ4v) is 2.28. The van der Waals surface area contributed by atoms with Crippen LogP contribution in [-0.2, 0) is 0 Å². The lowest BCUT2D eigenvalue weighted by Gasteiger charge is -2.30. The standard InChI is InChI=1S/C13H28O/c1-5-9-12(7-3)11-13(14,8-4)10-6-2/h12,14H,5-11H2,1-4H3. The lowest BCUT2D eigenvalue weighted by Crippen LogP contribution is -2.30. The van der Waals surface area contributed by atoms with Crippen LogP contribution in [0.5, 0.6) is 0 Å². The average Bonchev–Trinajstić information content (AvgIpc) is 2.17. The van der Waals surface area contributed by atoms with Crippen LogP contribution in [-0.4, -0.2) is 10.7 Å². The first-order valence-electron chi connectivity index (χ1n) is 6.34. The van der Waals surface area contributed by atoms with Crippen molar-refractivity contribution in [3.63, 3.8) is 0 Å². The van der Waals surface area contributed by atoms with Crippen LogP contribution < -0.4 is 0 Å². The Kier molecular flexibility index (Phi) is 7.26. The fraction of sp³-hybridized carbons (Fsp3) is 1.00. The second kappa shape index (κ2) is 7.28. The van der Waals surface area contributed by atoms with Gasteiger partial charge >= 0.3 is 0 Å². The monoisotopic (exact) mass is 200 g/mol. The molecule has 0 heterocycles. The van der Waals surface area contributed by atoms with Crippen LogP contribution in [0.4, 0.5) is 0 Å². The first kappa shape index (κ1) is 14.0. The van der Waals surface area contributed by atoms with Gasteiger partial charge in [-0.2, -0.15) is 0 Å². The number of hydrogen-bond acceptors (Lipinski definition) is 1. The largest absolute Gasteiger partial charge is 0.390 e. The van der Waals surface area contributed by atoms with Crippen molar-refractivity contribution >= 4 is 0 Å². The summed E-state index contributed by atoms with van der Waals surface area (Å²) >= 11 is 0. The van der Waals surface area contributed by atoms with E-state index in [0.29, 0.717) is 0 Å². The van der Waals surface area contributed by atoms with E-state index >= 15 is 0 Å². The first-order valence-corrected chi connectivity index (χ1v) is 6.34. The summed E-state index contributed by atoms with van der Waals surface area (Å²) in [7, 11) is 0. The molecule has 0 bridgehead atoms. The zero-order valence-corrected chi connectivity index (χ0v) is 10.5. The summed E-state index contributed by atoms with van der Waals surface area (Å²) in [5.74, 6) is 0.719. The second-order valence-electron chi connectivity index (χ2n) is 4.59. The number of rotatable bonds is 8. The van der Waals surface area contributed by atoms with Crippen LogP contribution in [0.25, 0.3) is 0 Å². The predicted octanol–water partition coefficient (Wildman–Crippen LogP) is 4.14. The Bertz CT molecular complexity index is 133. The highest BCUT2D eigenvalue weighted by atomic mass is 16.3. The van der Waals surface area contributed by atoms with Crippen LogP contribution in [0.2, 0.25) is 0 Å². The number of hydrogen-bond donors (Lipinski definition) is 1. The molecule has 86 valence electrons. The third kappa shape index (κ3) is 4.99. The molecular formula is C13H28O. The van der Waals surface area contributed by atoms with E-state index in [1.807, 2.05) is 0 Å². The van der Waals surface area contributed by atoms with Crippen molar-refractivity contribution in [1.29, 1.82) is 0 Å². The van der Waals surface area contributed by atoms with Crippen molar-refractivity contribution in [1.82, 2.24) is 0 Å². The summed E-state index contributed by atoms with van der Waals surface area (Å²) in [5, 5.41) is 10.3. The Morgan fingerprint density at radius 2 is 1.71 bits per heavy atom. The van der Waals surface area contributed by atoms with Gasteiger partial charge in [-0.05, 0) is 25.2 Å². The van der Waals surface area contributed by atoms with Crippen LogP contribution in [0.1, 0.15) is 72.6 Å². The minimum atomic E-state index is -0.384. The Hall–Kier alpha value is -0.0400. The van der Waals surface area contributed by atoms with Gasteiger partial charge in [0.15, 0.2) is 0 Å². The van der Waals surface area contributed by atoms with E-state index in [1.54, 1.807) is 0 Å². The van der Waals surface area contributed by atoms with Crippen LogP contribution in [0.3, 0.4) is 0 Å². The smallest absolute Gasteiger partial charge is 0.0647 e. The lowest BCUT2D eigenvalue weighted by atomic mass is 9.82. The molecule has 1 heteroatoms. The molecule has 14 heavy (non-hydrogen) atoms. The van der Waals surface area contributed by atoms with Crippen molar-refractivity contribution < 1.29 is 5.11 Å². The zero-order chi connectivity index (χ0) is 11.0. The van der Waals surface area contributed by atoms with E-state index in [9.17, 15) is 5.11 Å². The minimum Gasteiger partial charge on any atom is -0.390 e. The van der Waals surface area contributed by atoms with Gasteiger partial charge in [-0.15, -0.1) is 0 Å². The maximum absolute atomic E-state index is 10.3. The first-order chi connectivity index (χ1) is 6.61. The lowest BCUT2D eigenvalue weighted by molar-refractivity contribution is 0.00107.